The molecule has 4 aliphatic rings. The van der Waals surface area contributed by atoms with E-state index in [-0.39, 0.29) is 35.4 Å². The van der Waals surface area contributed by atoms with Crippen molar-refractivity contribution < 1.29 is 33.0 Å². The SMILES string of the molecule is C[C@@H]1[C@@H](C)C[C@H](N(C)CC(=O)O)C[C@@H](O)[C@@H]2CC[C@H]2CN2C[C@@]3(CCCc4cc(Cl)ccc43)COc3ccc(cc32)C(=O)NS1(=O)=O. The van der Waals surface area contributed by atoms with Gasteiger partial charge in [0.15, 0.2) is 0 Å². The normalized spacial score (nSPS) is 32.3. The number of sulfonamides is 1. The molecular formula is C35H46ClN3O7S. The highest BCUT2D eigenvalue weighted by molar-refractivity contribution is 7.90. The number of benzene rings is 2. The topological polar surface area (TPSA) is 136 Å². The molecule has 12 heteroatoms. The number of anilines is 1. The third kappa shape index (κ3) is 6.86. The van der Waals surface area contributed by atoms with E-state index in [9.17, 15) is 28.2 Å². The predicted octanol–water partition coefficient (Wildman–Crippen LogP) is 4.46. The van der Waals surface area contributed by atoms with Crippen LogP contribution in [-0.2, 0) is 26.7 Å². The highest BCUT2D eigenvalue weighted by Crippen LogP contribution is 2.47. The summed E-state index contributed by atoms with van der Waals surface area (Å²) < 4.78 is 35.8. The lowest BCUT2D eigenvalue weighted by Gasteiger charge is -2.46. The van der Waals surface area contributed by atoms with Crippen LogP contribution in [0.25, 0.3) is 0 Å². The Morgan fingerprint density at radius 1 is 1.17 bits per heavy atom. The van der Waals surface area contributed by atoms with Crippen molar-refractivity contribution in [3.63, 3.8) is 0 Å². The van der Waals surface area contributed by atoms with Crippen LogP contribution in [-0.4, -0.2) is 86.1 Å². The maximum Gasteiger partial charge on any atom is 0.317 e. The Balaban J connectivity index is 1.40. The van der Waals surface area contributed by atoms with Crippen molar-refractivity contribution >= 4 is 39.2 Å². The Morgan fingerprint density at radius 3 is 2.68 bits per heavy atom. The quantitative estimate of drug-likeness (QED) is 0.427. The fourth-order valence-electron chi connectivity index (χ4n) is 8.33. The predicted molar refractivity (Wildman–Crippen MR) is 181 cm³/mol. The van der Waals surface area contributed by atoms with Crippen molar-refractivity contribution in [1.82, 2.24) is 9.62 Å². The fraction of sp³-hybridized carbons (Fsp3) is 0.600. The molecule has 0 unspecified atom stereocenters. The molecule has 2 aromatic rings. The number of aliphatic hydroxyl groups is 1. The number of carboxylic acid groups (broad SMARTS) is 1. The first-order valence-electron chi connectivity index (χ1n) is 16.7. The largest absolute Gasteiger partial charge is 0.490 e. The molecular weight excluding hydrogens is 642 g/mol. The monoisotopic (exact) mass is 687 g/mol. The van der Waals surface area contributed by atoms with Gasteiger partial charge >= 0.3 is 5.97 Å². The molecule has 2 bridgehead atoms. The van der Waals surface area contributed by atoms with E-state index in [1.165, 1.54) is 11.1 Å². The lowest BCUT2D eigenvalue weighted by atomic mass is 9.67. The van der Waals surface area contributed by atoms with Gasteiger partial charge in [-0.1, -0.05) is 24.6 Å². The number of aliphatic hydroxyl groups excluding tert-OH is 1. The van der Waals surface area contributed by atoms with E-state index in [0.29, 0.717) is 43.3 Å². The average molecular weight is 688 g/mol. The smallest absolute Gasteiger partial charge is 0.317 e. The summed E-state index contributed by atoms with van der Waals surface area (Å²) in [4.78, 5) is 29.1. The molecule has 1 spiro atoms. The summed E-state index contributed by atoms with van der Waals surface area (Å²) in [7, 11) is -2.38. The Hall–Kier alpha value is -2.86. The van der Waals surface area contributed by atoms with Crippen molar-refractivity contribution in [3.05, 3.63) is 58.1 Å². The van der Waals surface area contributed by atoms with Crippen LogP contribution in [0.15, 0.2) is 36.4 Å². The number of carboxylic acids is 1. The van der Waals surface area contributed by atoms with Crippen LogP contribution in [0, 0.1) is 17.8 Å². The van der Waals surface area contributed by atoms with E-state index >= 15 is 0 Å². The van der Waals surface area contributed by atoms with Crippen LogP contribution in [0.4, 0.5) is 5.69 Å². The molecule has 2 aromatic carbocycles. The number of aryl methyl sites for hydroxylation is 1. The zero-order chi connectivity index (χ0) is 33.7. The van der Waals surface area contributed by atoms with Crippen LogP contribution in [0.2, 0.25) is 5.02 Å². The summed E-state index contributed by atoms with van der Waals surface area (Å²) in [6.45, 7) is 4.86. The maximum atomic E-state index is 13.5. The van der Waals surface area contributed by atoms with Gasteiger partial charge in [0, 0.05) is 35.1 Å². The van der Waals surface area contributed by atoms with Gasteiger partial charge in [0.05, 0.1) is 30.2 Å². The number of likely N-dealkylation sites (N-methyl/N-ethyl adjacent to an activating group) is 1. The number of hydrogen-bond acceptors (Lipinski definition) is 8. The number of aliphatic carboxylic acids is 1. The summed E-state index contributed by atoms with van der Waals surface area (Å²) in [6.07, 6.45) is 4.64. The molecule has 0 saturated heterocycles. The van der Waals surface area contributed by atoms with E-state index in [1.807, 2.05) is 12.1 Å². The lowest BCUT2D eigenvalue weighted by Crippen LogP contribution is -2.50. The van der Waals surface area contributed by atoms with Gasteiger partial charge in [-0.15, -0.1) is 0 Å². The minimum absolute atomic E-state index is 0.00703. The highest BCUT2D eigenvalue weighted by Gasteiger charge is 2.45. The van der Waals surface area contributed by atoms with Crippen LogP contribution in [0.3, 0.4) is 0 Å². The first-order valence-corrected chi connectivity index (χ1v) is 18.7. The molecule has 2 aliphatic carbocycles. The number of carbonyl (C=O) groups is 2. The van der Waals surface area contributed by atoms with E-state index in [1.54, 1.807) is 44.0 Å². The van der Waals surface area contributed by atoms with Crippen LogP contribution in [0.1, 0.15) is 73.9 Å². The summed E-state index contributed by atoms with van der Waals surface area (Å²) in [5.41, 5.74) is 3.08. The second-order valence-corrected chi connectivity index (χ2v) is 16.9. The molecule has 1 fully saturated rings. The molecule has 0 radical (unpaired) electrons. The summed E-state index contributed by atoms with van der Waals surface area (Å²) >= 11 is 6.41. The van der Waals surface area contributed by atoms with E-state index in [2.05, 4.69) is 15.7 Å². The molecule has 2 heterocycles. The van der Waals surface area contributed by atoms with Gasteiger partial charge in [0.25, 0.3) is 5.91 Å². The summed E-state index contributed by atoms with van der Waals surface area (Å²) in [5.74, 6) is -1.29. The number of hydrogen-bond donors (Lipinski definition) is 3. The summed E-state index contributed by atoms with van der Waals surface area (Å²) in [5, 5.41) is 21.0. The van der Waals surface area contributed by atoms with Gasteiger partial charge in [-0.05, 0) is 118 Å². The van der Waals surface area contributed by atoms with Gasteiger partial charge in [0.2, 0.25) is 10.0 Å². The Labute approximate surface area is 282 Å². The summed E-state index contributed by atoms with van der Waals surface area (Å²) in [6, 6.07) is 10.8. The first-order chi connectivity index (χ1) is 22.3. The van der Waals surface area contributed by atoms with Crippen LogP contribution in [0.5, 0.6) is 5.75 Å². The second-order valence-electron chi connectivity index (χ2n) is 14.4. The molecule has 6 rings (SSSR count). The maximum absolute atomic E-state index is 13.5. The van der Waals surface area contributed by atoms with Crippen molar-refractivity contribution in [2.75, 3.05) is 38.2 Å². The number of carbonyl (C=O) groups excluding carboxylic acids is 1. The molecule has 2 aliphatic heterocycles. The van der Waals surface area contributed by atoms with Gasteiger partial charge in [-0.3, -0.25) is 14.5 Å². The Bertz CT molecular complexity index is 1640. The molecule has 0 aromatic heterocycles. The Morgan fingerprint density at radius 2 is 1.96 bits per heavy atom. The van der Waals surface area contributed by atoms with E-state index in [0.717, 1.165) is 37.8 Å². The van der Waals surface area contributed by atoms with Crippen LogP contribution >= 0.6 is 11.6 Å². The zero-order valence-corrected chi connectivity index (χ0v) is 28.9. The molecule has 1 amide bonds. The second kappa shape index (κ2) is 13.2. The van der Waals surface area contributed by atoms with E-state index < -0.39 is 39.2 Å². The number of nitrogens with zero attached hydrogens (tertiary/aromatic N) is 2. The fourth-order valence-corrected chi connectivity index (χ4v) is 9.81. The van der Waals surface area contributed by atoms with Crippen molar-refractivity contribution in [2.24, 2.45) is 17.8 Å². The number of nitrogens with one attached hydrogen (secondary N) is 1. The van der Waals surface area contributed by atoms with Gasteiger partial charge in [0.1, 0.15) is 5.75 Å². The third-order valence-electron chi connectivity index (χ3n) is 11.4. The molecule has 3 N–H and O–H groups in total. The van der Waals surface area contributed by atoms with Crippen molar-refractivity contribution in [1.29, 1.82) is 0 Å². The number of amides is 1. The molecule has 10 nitrogen and oxygen atoms in total. The molecule has 256 valence electrons. The third-order valence-corrected chi connectivity index (χ3v) is 13.6. The number of rotatable bonds is 3. The van der Waals surface area contributed by atoms with Gasteiger partial charge < -0.3 is 19.8 Å². The molecule has 1 saturated carbocycles. The Kier molecular flexibility index (Phi) is 9.56. The highest BCUT2D eigenvalue weighted by atomic mass is 35.5. The molecule has 7 atom stereocenters. The average Bonchev–Trinajstić information content (AvgIpc) is 3.14. The number of ether oxygens (including phenoxy) is 1. The standard InChI is InChI=1S/C35H46ClN3O7S/c1-21-13-27(38(3)18-33(41)42)16-31(40)28-9-6-25(28)17-39-19-35(12-4-5-23-14-26(36)8-10-29(23)35)20-46-32-11-7-24(15-30(32)39)34(43)37-47(44,45)22(21)2/h7-8,10-11,14-15,21-22,25,27-28,31,40H,4-6,9,12-13,16-20H2,1-3H3,(H,37,43)(H,41,42)/t21-,22+,25-,27-,28+,31+,35-/m0/s1. The molecule has 47 heavy (non-hydrogen) atoms. The first kappa shape index (κ1) is 34.0. The lowest BCUT2D eigenvalue weighted by molar-refractivity contribution is -0.138. The minimum atomic E-state index is -4.08. The number of fused-ring (bicyclic) bond motifs is 4. The number of halogens is 1. The van der Waals surface area contributed by atoms with Crippen molar-refractivity contribution in [2.45, 2.75) is 81.6 Å². The zero-order valence-electron chi connectivity index (χ0n) is 27.3. The van der Waals surface area contributed by atoms with Gasteiger partial charge in [-0.25, -0.2) is 13.1 Å². The van der Waals surface area contributed by atoms with Gasteiger partial charge in [-0.2, -0.15) is 0 Å². The van der Waals surface area contributed by atoms with E-state index in [4.69, 9.17) is 16.3 Å². The minimum Gasteiger partial charge on any atom is -0.490 e. The van der Waals surface area contributed by atoms with Crippen LogP contribution < -0.4 is 14.4 Å². The van der Waals surface area contributed by atoms with Crippen molar-refractivity contribution in [3.8, 4) is 5.75 Å².